The number of rotatable bonds is 4. The normalized spacial score (nSPS) is 19.1. The predicted molar refractivity (Wildman–Crippen MR) is 102 cm³/mol. The SMILES string of the molecule is CCc1nn2ccc(N3C[C@@H](C#N)C[C@@H]3c3cccc(F)c3)cc2c1C(=O)O. The van der Waals surface area contributed by atoms with Gasteiger partial charge in [0.25, 0.3) is 0 Å². The maximum atomic E-state index is 13.8. The van der Waals surface area contributed by atoms with Crippen molar-refractivity contribution in [2.24, 2.45) is 5.92 Å². The molecule has 142 valence electrons. The Hall–Kier alpha value is -3.40. The summed E-state index contributed by atoms with van der Waals surface area (Å²) in [6.07, 6.45) is 2.85. The average Bonchev–Trinajstić information content (AvgIpc) is 3.28. The van der Waals surface area contributed by atoms with E-state index in [2.05, 4.69) is 11.2 Å². The molecule has 3 aromatic rings. The van der Waals surface area contributed by atoms with E-state index in [-0.39, 0.29) is 23.3 Å². The van der Waals surface area contributed by atoms with Gasteiger partial charge in [0.2, 0.25) is 0 Å². The number of fused-ring (bicyclic) bond motifs is 1. The van der Waals surface area contributed by atoms with E-state index >= 15 is 0 Å². The van der Waals surface area contributed by atoms with E-state index in [1.807, 2.05) is 24.0 Å². The zero-order valence-electron chi connectivity index (χ0n) is 15.3. The lowest BCUT2D eigenvalue weighted by Crippen LogP contribution is -2.23. The van der Waals surface area contributed by atoms with Crippen LogP contribution in [0, 0.1) is 23.1 Å². The first kappa shape index (κ1) is 18.0. The molecule has 1 aliphatic heterocycles. The van der Waals surface area contributed by atoms with E-state index in [1.54, 1.807) is 22.8 Å². The van der Waals surface area contributed by atoms with Crippen LogP contribution < -0.4 is 4.90 Å². The standard InChI is InChI=1S/C21H19FN4O2/c1-2-17-20(21(27)28)19-10-16(6-7-26(19)24-17)25-12-13(11-23)8-18(25)14-4-3-5-15(22)9-14/h3-7,9-10,13,18H,2,8,12H2,1H3,(H,27,28)/t13-,18-/m1/s1. The fourth-order valence-electron chi connectivity index (χ4n) is 3.99. The molecule has 0 saturated carbocycles. The van der Waals surface area contributed by atoms with Crippen molar-refractivity contribution in [2.45, 2.75) is 25.8 Å². The molecule has 0 unspecified atom stereocenters. The molecule has 2 atom stereocenters. The van der Waals surface area contributed by atoms with Gasteiger partial charge in [-0.15, -0.1) is 0 Å². The lowest BCUT2D eigenvalue weighted by molar-refractivity contribution is 0.0698. The van der Waals surface area contributed by atoms with Gasteiger partial charge < -0.3 is 10.0 Å². The maximum Gasteiger partial charge on any atom is 0.339 e. The number of aryl methyl sites for hydroxylation is 1. The van der Waals surface area contributed by atoms with Gasteiger partial charge in [-0.3, -0.25) is 0 Å². The Balaban J connectivity index is 1.81. The Morgan fingerprint density at radius 2 is 2.21 bits per heavy atom. The summed E-state index contributed by atoms with van der Waals surface area (Å²) in [6, 6.07) is 12.2. The van der Waals surface area contributed by atoms with E-state index in [0.717, 1.165) is 11.3 Å². The van der Waals surface area contributed by atoms with E-state index in [4.69, 9.17) is 0 Å². The first-order valence-corrected chi connectivity index (χ1v) is 9.18. The number of aromatic carboxylic acids is 1. The van der Waals surface area contributed by atoms with Crippen LogP contribution in [-0.4, -0.2) is 27.2 Å². The van der Waals surface area contributed by atoms with Gasteiger partial charge in [-0.25, -0.2) is 13.7 Å². The largest absolute Gasteiger partial charge is 0.478 e. The molecule has 7 heteroatoms. The Bertz CT molecular complexity index is 1100. The minimum atomic E-state index is -1.01. The summed E-state index contributed by atoms with van der Waals surface area (Å²) in [6.45, 7) is 2.37. The average molecular weight is 378 g/mol. The summed E-state index contributed by atoms with van der Waals surface area (Å²) < 4.78 is 15.3. The number of nitrogens with zero attached hydrogens (tertiary/aromatic N) is 4. The van der Waals surface area contributed by atoms with Crippen molar-refractivity contribution in [1.82, 2.24) is 9.61 Å². The molecule has 0 aliphatic carbocycles. The molecule has 3 heterocycles. The van der Waals surface area contributed by atoms with Gasteiger partial charge >= 0.3 is 5.97 Å². The summed E-state index contributed by atoms with van der Waals surface area (Å²) in [4.78, 5) is 13.8. The Morgan fingerprint density at radius 1 is 1.39 bits per heavy atom. The third-order valence-corrected chi connectivity index (χ3v) is 5.29. The molecule has 1 fully saturated rings. The number of aromatic nitrogens is 2. The number of nitriles is 1. The first-order chi connectivity index (χ1) is 13.5. The van der Waals surface area contributed by atoms with Crippen LogP contribution in [0.3, 0.4) is 0 Å². The summed E-state index contributed by atoms with van der Waals surface area (Å²) >= 11 is 0. The summed E-state index contributed by atoms with van der Waals surface area (Å²) in [5.74, 6) is -1.51. The fraction of sp³-hybridized carbons (Fsp3) is 0.286. The lowest BCUT2D eigenvalue weighted by atomic mass is 10.0. The minimum Gasteiger partial charge on any atom is -0.478 e. The number of benzene rings is 1. The van der Waals surface area contributed by atoms with Crippen molar-refractivity contribution in [3.8, 4) is 6.07 Å². The number of hydrogen-bond acceptors (Lipinski definition) is 4. The molecular formula is C21H19FN4O2. The minimum absolute atomic E-state index is 0.148. The van der Waals surface area contributed by atoms with E-state index in [0.29, 0.717) is 30.6 Å². The van der Waals surface area contributed by atoms with Gasteiger partial charge in [0.05, 0.1) is 29.2 Å². The molecule has 2 aromatic heterocycles. The van der Waals surface area contributed by atoms with Crippen LogP contribution in [0.4, 0.5) is 10.1 Å². The Morgan fingerprint density at radius 3 is 2.89 bits per heavy atom. The van der Waals surface area contributed by atoms with Crippen molar-refractivity contribution in [1.29, 1.82) is 5.26 Å². The Labute approximate surface area is 161 Å². The second kappa shape index (κ2) is 6.97. The number of carboxylic acids is 1. The number of carboxylic acid groups (broad SMARTS) is 1. The molecule has 4 rings (SSSR count). The third kappa shape index (κ3) is 2.97. The van der Waals surface area contributed by atoms with Gasteiger partial charge in [0.15, 0.2) is 0 Å². The van der Waals surface area contributed by atoms with Crippen LogP contribution in [0.25, 0.3) is 5.52 Å². The van der Waals surface area contributed by atoms with Crippen molar-refractivity contribution in [3.05, 3.63) is 65.2 Å². The number of carbonyl (C=O) groups is 1. The monoisotopic (exact) mass is 378 g/mol. The predicted octanol–water partition coefficient (Wildman–Crippen LogP) is 3.83. The lowest BCUT2D eigenvalue weighted by Gasteiger charge is -2.27. The molecule has 0 radical (unpaired) electrons. The van der Waals surface area contributed by atoms with E-state index < -0.39 is 5.97 Å². The highest BCUT2D eigenvalue weighted by molar-refractivity contribution is 5.97. The van der Waals surface area contributed by atoms with Crippen LogP contribution in [0.1, 0.15) is 41.0 Å². The van der Waals surface area contributed by atoms with E-state index in [9.17, 15) is 19.6 Å². The Kier molecular flexibility index (Phi) is 4.47. The molecule has 0 amide bonds. The molecule has 28 heavy (non-hydrogen) atoms. The zero-order chi connectivity index (χ0) is 19.8. The zero-order valence-corrected chi connectivity index (χ0v) is 15.3. The van der Waals surface area contributed by atoms with Crippen molar-refractivity contribution >= 4 is 17.2 Å². The van der Waals surface area contributed by atoms with Crippen LogP contribution in [0.5, 0.6) is 0 Å². The summed E-state index contributed by atoms with van der Waals surface area (Å²) in [5, 5.41) is 23.4. The van der Waals surface area contributed by atoms with Gasteiger partial charge in [-0.05, 0) is 42.7 Å². The highest BCUT2D eigenvalue weighted by atomic mass is 19.1. The molecule has 1 saturated heterocycles. The molecule has 6 nitrogen and oxygen atoms in total. The van der Waals surface area contributed by atoms with Crippen molar-refractivity contribution in [3.63, 3.8) is 0 Å². The number of halogens is 1. The first-order valence-electron chi connectivity index (χ1n) is 9.18. The van der Waals surface area contributed by atoms with Crippen molar-refractivity contribution in [2.75, 3.05) is 11.4 Å². The molecule has 0 spiro atoms. The highest BCUT2D eigenvalue weighted by Gasteiger charge is 2.34. The summed E-state index contributed by atoms with van der Waals surface area (Å²) in [5.41, 5.74) is 2.84. The van der Waals surface area contributed by atoms with E-state index in [1.165, 1.54) is 12.1 Å². The van der Waals surface area contributed by atoms with Crippen LogP contribution in [-0.2, 0) is 6.42 Å². The summed E-state index contributed by atoms with van der Waals surface area (Å²) in [7, 11) is 0. The third-order valence-electron chi connectivity index (χ3n) is 5.29. The molecule has 1 aliphatic rings. The van der Waals surface area contributed by atoms with Gasteiger partial charge in [0.1, 0.15) is 11.4 Å². The molecule has 1 N–H and O–H groups in total. The molecule has 1 aromatic carbocycles. The molecular weight excluding hydrogens is 359 g/mol. The van der Waals surface area contributed by atoms with Crippen LogP contribution in [0.15, 0.2) is 42.6 Å². The van der Waals surface area contributed by atoms with Gasteiger partial charge in [-0.2, -0.15) is 10.4 Å². The number of hydrogen-bond donors (Lipinski definition) is 1. The quantitative estimate of drug-likeness (QED) is 0.746. The second-order valence-electron chi connectivity index (χ2n) is 6.98. The number of anilines is 1. The second-order valence-corrected chi connectivity index (χ2v) is 6.98. The fourth-order valence-corrected chi connectivity index (χ4v) is 3.99. The van der Waals surface area contributed by atoms with Crippen LogP contribution >= 0.6 is 0 Å². The van der Waals surface area contributed by atoms with Crippen LogP contribution in [0.2, 0.25) is 0 Å². The maximum absolute atomic E-state index is 13.8. The van der Waals surface area contributed by atoms with Gasteiger partial charge in [-0.1, -0.05) is 19.1 Å². The number of pyridine rings is 1. The topological polar surface area (TPSA) is 81.6 Å². The van der Waals surface area contributed by atoms with Crippen molar-refractivity contribution < 1.29 is 14.3 Å². The molecule has 0 bridgehead atoms. The van der Waals surface area contributed by atoms with Gasteiger partial charge in [0, 0.05) is 18.4 Å². The smallest absolute Gasteiger partial charge is 0.339 e. The highest BCUT2D eigenvalue weighted by Crippen LogP contribution is 2.39.